The number of aromatic nitrogens is 1. The van der Waals surface area contributed by atoms with Crippen LogP contribution in [0.2, 0.25) is 0 Å². The van der Waals surface area contributed by atoms with Gasteiger partial charge >= 0.3 is 0 Å². The third-order valence-electron chi connectivity index (χ3n) is 3.91. The van der Waals surface area contributed by atoms with Crippen LogP contribution in [0.15, 0.2) is 39.8 Å². The molecule has 0 bridgehead atoms. The zero-order valence-electron chi connectivity index (χ0n) is 11.6. The Labute approximate surface area is 127 Å². The summed E-state index contributed by atoms with van der Waals surface area (Å²) in [5.41, 5.74) is 1.42. The number of para-hydroxylation sites is 1. The molecule has 4 rings (SSSR count). The van der Waals surface area contributed by atoms with Crippen molar-refractivity contribution in [2.24, 2.45) is 0 Å². The molecule has 21 heavy (non-hydrogen) atoms. The number of thioether (sulfide) groups is 1. The molecule has 2 heterocycles. The lowest BCUT2D eigenvalue weighted by molar-refractivity contribution is 0.0978. The van der Waals surface area contributed by atoms with E-state index in [1.807, 2.05) is 40.9 Å². The van der Waals surface area contributed by atoms with Crippen LogP contribution >= 0.6 is 11.8 Å². The molecular formula is C16H16N2O2S. The predicted octanol–water partition coefficient (Wildman–Crippen LogP) is 3.69. The smallest absolute Gasteiger partial charge is 0.280 e. The maximum absolute atomic E-state index is 12.8. The summed E-state index contributed by atoms with van der Waals surface area (Å²) in [5.74, 6) is 2.31. The van der Waals surface area contributed by atoms with E-state index < -0.39 is 0 Å². The highest BCUT2D eigenvalue weighted by atomic mass is 32.2. The Hall–Kier alpha value is -1.75. The lowest BCUT2D eigenvalue weighted by Gasteiger charge is -2.21. The highest BCUT2D eigenvalue weighted by Gasteiger charge is 2.30. The van der Waals surface area contributed by atoms with Gasteiger partial charge in [0.2, 0.25) is 0 Å². The molecule has 1 aromatic carbocycles. The number of nitrogens with zero attached hydrogens (tertiary/aromatic N) is 2. The summed E-state index contributed by atoms with van der Waals surface area (Å²) in [5, 5.41) is 3.98. The second kappa shape index (κ2) is 5.22. The van der Waals surface area contributed by atoms with Gasteiger partial charge in [-0.05, 0) is 37.1 Å². The van der Waals surface area contributed by atoms with Crippen LogP contribution in [0, 0.1) is 0 Å². The van der Waals surface area contributed by atoms with Gasteiger partial charge in [-0.3, -0.25) is 4.79 Å². The van der Waals surface area contributed by atoms with Gasteiger partial charge in [-0.25, -0.2) is 0 Å². The molecule has 5 heteroatoms. The largest absolute Gasteiger partial charge is 0.360 e. The summed E-state index contributed by atoms with van der Waals surface area (Å²) in [6.07, 6.45) is 3.27. The Morgan fingerprint density at radius 1 is 1.33 bits per heavy atom. The fourth-order valence-corrected chi connectivity index (χ4v) is 3.62. The molecule has 1 saturated carbocycles. The SMILES string of the molecule is O=C(c1cc(C2CC2)on1)N1CCCSc2ccccc21. The van der Waals surface area contributed by atoms with E-state index in [1.54, 1.807) is 0 Å². The third-order valence-corrected chi connectivity index (χ3v) is 5.06. The first-order valence-electron chi connectivity index (χ1n) is 7.33. The van der Waals surface area contributed by atoms with Crippen molar-refractivity contribution in [3.63, 3.8) is 0 Å². The normalized spacial score (nSPS) is 18.2. The number of fused-ring (bicyclic) bond motifs is 1. The number of amides is 1. The molecule has 0 saturated heterocycles. The van der Waals surface area contributed by atoms with Gasteiger partial charge in [0.05, 0.1) is 5.69 Å². The number of hydrogen-bond acceptors (Lipinski definition) is 4. The van der Waals surface area contributed by atoms with Crippen LogP contribution in [0.5, 0.6) is 0 Å². The van der Waals surface area contributed by atoms with Gasteiger partial charge in [0, 0.05) is 23.4 Å². The van der Waals surface area contributed by atoms with Crippen molar-refractivity contribution in [2.45, 2.75) is 30.1 Å². The van der Waals surface area contributed by atoms with E-state index in [-0.39, 0.29) is 5.91 Å². The van der Waals surface area contributed by atoms with E-state index in [0.717, 1.165) is 47.9 Å². The van der Waals surface area contributed by atoms with E-state index in [1.165, 1.54) is 0 Å². The highest BCUT2D eigenvalue weighted by Crippen LogP contribution is 2.40. The van der Waals surface area contributed by atoms with E-state index in [4.69, 9.17) is 4.52 Å². The summed E-state index contributed by atoms with van der Waals surface area (Å²) < 4.78 is 5.32. The van der Waals surface area contributed by atoms with Gasteiger partial charge in [0.1, 0.15) is 5.76 Å². The van der Waals surface area contributed by atoms with Gasteiger partial charge in [-0.15, -0.1) is 11.8 Å². The molecule has 1 aromatic heterocycles. The van der Waals surface area contributed by atoms with Crippen molar-refractivity contribution in [1.82, 2.24) is 5.16 Å². The lowest BCUT2D eigenvalue weighted by atomic mass is 10.2. The van der Waals surface area contributed by atoms with Crippen molar-refractivity contribution in [1.29, 1.82) is 0 Å². The van der Waals surface area contributed by atoms with Crippen molar-refractivity contribution in [3.05, 3.63) is 41.8 Å². The molecule has 0 spiro atoms. The van der Waals surface area contributed by atoms with Gasteiger partial charge < -0.3 is 9.42 Å². The average Bonchev–Trinajstić information content (AvgIpc) is 3.28. The molecule has 1 amide bonds. The highest BCUT2D eigenvalue weighted by molar-refractivity contribution is 7.99. The van der Waals surface area contributed by atoms with Crippen LogP contribution in [0.4, 0.5) is 5.69 Å². The van der Waals surface area contributed by atoms with Crippen LogP contribution in [0.3, 0.4) is 0 Å². The Balaban J connectivity index is 1.66. The first-order chi connectivity index (χ1) is 10.3. The molecule has 0 unspecified atom stereocenters. The number of carbonyl (C=O) groups is 1. The zero-order chi connectivity index (χ0) is 14.2. The monoisotopic (exact) mass is 300 g/mol. The molecule has 1 aliphatic carbocycles. The molecule has 0 atom stereocenters. The maximum atomic E-state index is 12.8. The minimum Gasteiger partial charge on any atom is -0.360 e. The Kier molecular flexibility index (Phi) is 3.22. The molecule has 108 valence electrons. The molecular weight excluding hydrogens is 284 g/mol. The van der Waals surface area contributed by atoms with Crippen LogP contribution in [-0.2, 0) is 0 Å². The summed E-state index contributed by atoms with van der Waals surface area (Å²) in [7, 11) is 0. The van der Waals surface area contributed by atoms with Crippen molar-refractivity contribution >= 4 is 23.4 Å². The van der Waals surface area contributed by atoms with Crippen LogP contribution in [-0.4, -0.2) is 23.4 Å². The number of carbonyl (C=O) groups excluding carboxylic acids is 1. The maximum Gasteiger partial charge on any atom is 0.280 e. The van der Waals surface area contributed by atoms with E-state index in [2.05, 4.69) is 11.2 Å². The molecule has 4 nitrogen and oxygen atoms in total. The first-order valence-corrected chi connectivity index (χ1v) is 8.32. The van der Waals surface area contributed by atoms with Crippen LogP contribution < -0.4 is 4.90 Å². The molecule has 0 radical (unpaired) electrons. The number of hydrogen-bond donors (Lipinski definition) is 0. The number of anilines is 1. The van der Waals surface area contributed by atoms with Gasteiger partial charge in [0.25, 0.3) is 5.91 Å². The second-order valence-corrected chi connectivity index (χ2v) is 6.65. The van der Waals surface area contributed by atoms with Crippen molar-refractivity contribution in [2.75, 3.05) is 17.2 Å². The zero-order valence-corrected chi connectivity index (χ0v) is 12.4. The number of rotatable bonds is 2. The Morgan fingerprint density at radius 2 is 2.19 bits per heavy atom. The lowest BCUT2D eigenvalue weighted by Crippen LogP contribution is -2.32. The van der Waals surface area contributed by atoms with Crippen molar-refractivity contribution < 1.29 is 9.32 Å². The van der Waals surface area contributed by atoms with Crippen LogP contribution in [0.1, 0.15) is 41.4 Å². The third kappa shape index (κ3) is 2.46. The van der Waals surface area contributed by atoms with E-state index in [9.17, 15) is 4.79 Å². The molecule has 0 N–H and O–H groups in total. The second-order valence-electron chi connectivity index (χ2n) is 5.52. The summed E-state index contributed by atoms with van der Waals surface area (Å²) in [6.45, 7) is 0.731. The number of benzene rings is 1. The minimum absolute atomic E-state index is 0.0550. The van der Waals surface area contributed by atoms with E-state index >= 15 is 0 Å². The first kappa shape index (κ1) is 13.0. The topological polar surface area (TPSA) is 46.3 Å². The standard InChI is InChI=1S/C16H16N2O2S/c19-16(12-10-14(20-17-12)11-6-7-11)18-8-3-9-21-15-5-2-1-4-13(15)18/h1-2,4-5,10-11H,3,6-9H2. The van der Waals surface area contributed by atoms with Crippen LogP contribution in [0.25, 0.3) is 0 Å². The molecule has 2 aromatic rings. The molecule has 1 fully saturated rings. The fourth-order valence-electron chi connectivity index (χ4n) is 2.63. The van der Waals surface area contributed by atoms with Gasteiger partial charge in [-0.1, -0.05) is 17.3 Å². The van der Waals surface area contributed by atoms with Crippen molar-refractivity contribution in [3.8, 4) is 0 Å². The Morgan fingerprint density at radius 3 is 3.05 bits per heavy atom. The van der Waals surface area contributed by atoms with Gasteiger partial charge in [0.15, 0.2) is 5.69 Å². The summed E-state index contributed by atoms with van der Waals surface area (Å²) in [6, 6.07) is 9.89. The minimum atomic E-state index is -0.0550. The Bertz CT molecular complexity index is 678. The predicted molar refractivity (Wildman–Crippen MR) is 81.9 cm³/mol. The summed E-state index contributed by atoms with van der Waals surface area (Å²) >= 11 is 1.81. The average molecular weight is 300 g/mol. The summed E-state index contributed by atoms with van der Waals surface area (Å²) in [4.78, 5) is 15.8. The van der Waals surface area contributed by atoms with E-state index in [0.29, 0.717) is 11.6 Å². The molecule has 1 aliphatic heterocycles. The molecule has 2 aliphatic rings. The quantitative estimate of drug-likeness (QED) is 0.848. The van der Waals surface area contributed by atoms with Gasteiger partial charge in [-0.2, -0.15) is 0 Å². The fraction of sp³-hybridized carbons (Fsp3) is 0.375.